The van der Waals surface area contributed by atoms with E-state index in [-0.39, 0.29) is 9.72 Å². The van der Waals surface area contributed by atoms with Gasteiger partial charge in [-0.3, -0.25) is 0 Å². The smallest absolute Gasteiger partial charge is 0.244 e. The minimum Gasteiger partial charge on any atom is -0.244 e. The molecule has 0 aromatic heterocycles. The quantitative estimate of drug-likeness (QED) is 0.548. The third kappa shape index (κ3) is 5.39. The minimum atomic E-state index is -0.155. The van der Waals surface area contributed by atoms with Gasteiger partial charge in [-0.15, -0.1) is 0 Å². The van der Waals surface area contributed by atoms with E-state index in [1.54, 1.807) is 12.2 Å². The van der Waals surface area contributed by atoms with Gasteiger partial charge in [0.05, 0.1) is 6.54 Å². The third-order valence-corrected chi connectivity index (χ3v) is 3.21. The van der Waals surface area contributed by atoms with Gasteiger partial charge in [0.25, 0.3) is 0 Å². The Morgan fingerprint density at radius 3 is 2.06 bits per heavy atom. The summed E-state index contributed by atoms with van der Waals surface area (Å²) >= 11 is 15.0. The monoisotopic (exact) mass is 282 g/mol. The molecule has 16 heavy (non-hydrogen) atoms. The molecule has 0 bridgehead atoms. The number of nitrogens with zero attached hydrogens (tertiary/aromatic N) is 1. The number of rotatable bonds is 7. The molecule has 0 N–H and O–H groups in total. The number of hydrogen-bond donors (Lipinski definition) is 1. The fourth-order valence-corrected chi connectivity index (χ4v) is 1.88. The molecule has 5 heteroatoms. The predicted molar refractivity (Wildman–Crippen MR) is 74.1 cm³/mol. The van der Waals surface area contributed by atoms with Crippen molar-refractivity contribution in [2.75, 3.05) is 19.6 Å². The molecule has 0 rings (SSSR count). The van der Waals surface area contributed by atoms with E-state index < -0.39 is 0 Å². The van der Waals surface area contributed by atoms with E-state index in [0.29, 0.717) is 13.1 Å². The van der Waals surface area contributed by atoms with Crippen LogP contribution < -0.4 is 0 Å². The zero-order valence-corrected chi connectivity index (χ0v) is 11.8. The summed E-state index contributed by atoms with van der Waals surface area (Å²) < 4.78 is 0.253. The van der Waals surface area contributed by atoms with Gasteiger partial charge < -0.3 is 0 Å². The first-order chi connectivity index (χ1) is 7.63. The Morgan fingerprint density at radius 1 is 1.25 bits per heavy atom. The first-order valence-corrected chi connectivity index (χ1v) is 6.55. The van der Waals surface area contributed by atoms with E-state index in [4.69, 9.17) is 23.2 Å². The van der Waals surface area contributed by atoms with Crippen molar-refractivity contribution >= 4 is 41.1 Å². The van der Waals surface area contributed by atoms with Gasteiger partial charge >= 0.3 is 5.24 Å². The van der Waals surface area contributed by atoms with E-state index in [0.717, 1.165) is 19.4 Å². The molecule has 92 valence electrons. The Bertz CT molecular complexity index is 253. The van der Waals surface area contributed by atoms with Crippen molar-refractivity contribution in [3.63, 3.8) is 0 Å². The number of amides is 1. The number of thiol groups is 1. The van der Waals surface area contributed by atoms with Crippen LogP contribution in [-0.2, 0) is 0 Å². The van der Waals surface area contributed by atoms with Crippen LogP contribution in [0.5, 0.6) is 0 Å². The number of hydrogen-bond acceptors (Lipinski definition) is 1. The van der Waals surface area contributed by atoms with Crippen LogP contribution in [0.1, 0.15) is 19.8 Å². The largest absolute Gasteiger partial charge is 0.372 e. The Hall–Kier alpha value is 0.0400. The summed E-state index contributed by atoms with van der Waals surface area (Å²) in [5.74, 6) is 0. The van der Waals surface area contributed by atoms with Crippen LogP contribution in [0.4, 0.5) is 4.79 Å². The molecule has 0 spiro atoms. The lowest BCUT2D eigenvalue weighted by Crippen LogP contribution is -2.51. The van der Waals surface area contributed by atoms with Crippen molar-refractivity contribution in [2.24, 2.45) is 0 Å². The fraction of sp³-hybridized carbons (Fsp3) is 0.545. The van der Waals surface area contributed by atoms with Gasteiger partial charge in [0.1, 0.15) is 13.1 Å². The summed E-state index contributed by atoms with van der Waals surface area (Å²) in [5.41, 5.74) is 2.86. The molecule has 0 aromatic rings. The molecule has 1 amide bonds. The summed E-state index contributed by atoms with van der Waals surface area (Å²) in [7, 11) is 0. The van der Waals surface area contributed by atoms with Gasteiger partial charge in [-0.1, -0.05) is 36.5 Å². The standard InChI is InChI=1S/C11H17Cl2NOS/c1-2-3-8-14(11(15)16,9-4-6-12)10-5-7-13/h4-7H,2-3,8-10H2,1H3/p+1. The van der Waals surface area contributed by atoms with E-state index in [1.165, 1.54) is 11.1 Å². The average Bonchev–Trinajstić information content (AvgIpc) is 2.28. The highest BCUT2D eigenvalue weighted by atomic mass is 35.5. The van der Waals surface area contributed by atoms with Crippen molar-refractivity contribution in [1.29, 1.82) is 0 Å². The molecule has 2 nitrogen and oxygen atoms in total. The van der Waals surface area contributed by atoms with E-state index >= 15 is 0 Å². The van der Waals surface area contributed by atoms with E-state index in [2.05, 4.69) is 19.6 Å². The van der Waals surface area contributed by atoms with Crippen molar-refractivity contribution in [3.05, 3.63) is 23.2 Å². The van der Waals surface area contributed by atoms with Crippen molar-refractivity contribution < 1.29 is 9.28 Å². The summed E-state index contributed by atoms with van der Waals surface area (Å²) in [5, 5.41) is -0.155. The lowest BCUT2D eigenvalue weighted by molar-refractivity contribution is -0.832. The highest BCUT2D eigenvalue weighted by molar-refractivity contribution is 7.96. The van der Waals surface area contributed by atoms with Crippen LogP contribution in [-0.4, -0.2) is 29.4 Å². The van der Waals surface area contributed by atoms with Crippen LogP contribution >= 0.6 is 35.8 Å². The number of unbranched alkanes of at least 4 members (excludes halogenated alkanes) is 1. The average molecular weight is 283 g/mol. The number of carbonyl (C=O) groups is 1. The maximum Gasteiger partial charge on any atom is 0.372 e. The second-order valence-corrected chi connectivity index (χ2v) is 4.48. The maximum absolute atomic E-state index is 11.7. The van der Waals surface area contributed by atoms with Gasteiger partial charge in [-0.05, 0) is 31.2 Å². The van der Waals surface area contributed by atoms with E-state index in [9.17, 15) is 4.79 Å². The third-order valence-electron chi connectivity index (χ3n) is 2.43. The maximum atomic E-state index is 11.7. The Morgan fingerprint density at radius 2 is 1.75 bits per heavy atom. The molecular weight excluding hydrogens is 265 g/mol. The minimum absolute atomic E-state index is 0.155. The molecule has 0 radical (unpaired) electrons. The molecule has 0 saturated heterocycles. The van der Waals surface area contributed by atoms with Crippen LogP contribution in [0.2, 0.25) is 0 Å². The van der Waals surface area contributed by atoms with Crippen LogP contribution in [0.3, 0.4) is 0 Å². The molecule has 0 saturated carbocycles. The molecule has 0 heterocycles. The SMILES string of the molecule is CCCC[N+](CC=CCl)(CC=CCl)C(=O)S. The molecule has 0 atom stereocenters. The van der Waals surface area contributed by atoms with Gasteiger partial charge in [0.15, 0.2) is 0 Å². The zero-order chi connectivity index (χ0) is 12.4. The van der Waals surface area contributed by atoms with Crippen LogP contribution in [0.25, 0.3) is 0 Å². The van der Waals surface area contributed by atoms with Gasteiger partial charge in [0, 0.05) is 11.1 Å². The molecular formula is C11H18Cl2NOS+. The normalized spacial score (nSPS) is 15.8. The second kappa shape index (κ2) is 9.11. The summed E-state index contributed by atoms with van der Waals surface area (Å²) in [6.07, 6.45) is 5.55. The molecule has 0 aliphatic carbocycles. The lowest BCUT2D eigenvalue weighted by Gasteiger charge is -2.32. The van der Waals surface area contributed by atoms with Gasteiger partial charge in [0.2, 0.25) is 0 Å². The summed E-state index contributed by atoms with van der Waals surface area (Å²) in [4.78, 5) is 11.7. The number of quaternary nitrogens is 1. The zero-order valence-electron chi connectivity index (χ0n) is 9.40. The predicted octanol–water partition coefficient (Wildman–Crippen LogP) is 4.16. The topological polar surface area (TPSA) is 17.1 Å². The van der Waals surface area contributed by atoms with Crippen molar-refractivity contribution in [3.8, 4) is 0 Å². The highest BCUT2D eigenvalue weighted by Crippen LogP contribution is 2.15. The Kier molecular flexibility index (Phi) is 9.13. The summed E-state index contributed by atoms with van der Waals surface area (Å²) in [6, 6.07) is 0. The van der Waals surface area contributed by atoms with Crippen molar-refractivity contribution in [2.45, 2.75) is 19.8 Å². The van der Waals surface area contributed by atoms with Crippen LogP contribution in [0, 0.1) is 0 Å². The highest BCUT2D eigenvalue weighted by Gasteiger charge is 2.31. The molecule has 0 fully saturated rings. The molecule has 0 aliphatic heterocycles. The Labute approximate surface area is 113 Å². The lowest BCUT2D eigenvalue weighted by atomic mass is 10.2. The Balaban J connectivity index is 4.79. The first-order valence-electron chi connectivity index (χ1n) is 5.23. The van der Waals surface area contributed by atoms with Crippen LogP contribution in [0.15, 0.2) is 23.2 Å². The second-order valence-electron chi connectivity index (χ2n) is 3.59. The van der Waals surface area contributed by atoms with E-state index in [1.807, 2.05) is 0 Å². The molecule has 0 aliphatic rings. The number of halogens is 2. The summed E-state index contributed by atoms with van der Waals surface area (Å²) in [6.45, 7) is 3.94. The molecule has 0 aromatic carbocycles. The fourth-order valence-electron chi connectivity index (χ4n) is 1.45. The first kappa shape index (κ1) is 16.0. The molecule has 0 unspecified atom stereocenters. The van der Waals surface area contributed by atoms with Crippen molar-refractivity contribution in [1.82, 2.24) is 0 Å². The number of carbonyl (C=O) groups excluding carboxylic acids is 1. The van der Waals surface area contributed by atoms with Gasteiger partial charge in [-0.25, -0.2) is 9.28 Å². The van der Waals surface area contributed by atoms with Gasteiger partial charge in [-0.2, -0.15) is 0 Å².